The highest BCUT2D eigenvalue weighted by molar-refractivity contribution is 6.08. The van der Waals surface area contributed by atoms with Gasteiger partial charge in [0.25, 0.3) is 5.91 Å². The van der Waals surface area contributed by atoms with Crippen molar-refractivity contribution in [3.63, 3.8) is 0 Å². The van der Waals surface area contributed by atoms with Gasteiger partial charge in [0, 0.05) is 5.69 Å². The number of carbonyl (C=O) groups excluding carboxylic acids is 1. The van der Waals surface area contributed by atoms with Gasteiger partial charge in [-0.2, -0.15) is 0 Å². The SMILES string of the molecule is Cc1cccc(NC(=O)c2cc3ccc(O)cc3cc2O)c1. The number of rotatable bonds is 2. The lowest BCUT2D eigenvalue weighted by molar-refractivity contribution is 0.102. The van der Waals surface area contributed by atoms with E-state index >= 15 is 0 Å². The molecule has 0 spiro atoms. The van der Waals surface area contributed by atoms with E-state index in [2.05, 4.69) is 5.32 Å². The second-order valence-electron chi connectivity index (χ2n) is 5.22. The third-order valence-corrected chi connectivity index (χ3v) is 3.46. The van der Waals surface area contributed by atoms with E-state index in [1.165, 1.54) is 12.1 Å². The number of anilines is 1. The van der Waals surface area contributed by atoms with Crippen molar-refractivity contribution in [1.29, 1.82) is 0 Å². The van der Waals surface area contributed by atoms with Crippen molar-refractivity contribution < 1.29 is 15.0 Å². The zero-order chi connectivity index (χ0) is 15.7. The monoisotopic (exact) mass is 293 g/mol. The Kier molecular flexibility index (Phi) is 3.43. The summed E-state index contributed by atoms with van der Waals surface area (Å²) in [5.74, 6) is -0.384. The molecule has 0 aliphatic carbocycles. The molecule has 0 radical (unpaired) electrons. The topological polar surface area (TPSA) is 69.6 Å². The smallest absolute Gasteiger partial charge is 0.259 e. The molecule has 0 aliphatic heterocycles. The Balaban J connectivity index is 1.96. The molecule has 0 aromatic heterocycles. The predicted molar refractivity (Wildman–Crippen MR) is 86.4 cm³/mol. The van der Waals surface area contributed by atoms with Crippen molar-refractivity contribution in [1.82, 2.24) is 0 Å². The average Bonchev–Trinajstić information content (AvgIpc) is 2.46. The lowest BCUT2D eigenvalue weighted by Gasteiger charge is -2.09. The maximum Gasteiger partial charge on any atom is 0.259 e. The van der Waals surface area contributed by atoms with Crippen LogP contribution in [0.5, 0.6) is 11.5 Å². The van der Waals surface area contributed by atoms with E-state index in [1.807, 2.05) is 25.1 Å². The molecular weight excluding hydrogens is 278 g/mol. The van der Waals surface area contributed by atoms with Crippen molar-refractivity contribution in [2.24, 2.45) is 0 Å². The van der Waals surface area contributed by atoms with Crippen LogP contribution in [0.1, 0.15) is 15.9 Å². The molecule has 3 aromatic rings. The molecule has 0 aliphatic rings. The number of benzene rings is 3. The van der Waals surface area contributed by atoms with Gasteiger partial charge in [0.1, 0.15) is 11.5 Å². The normalized spacial score (nSPS) is 10.6. The highest BCUT2D eigenvalue weighted by atomic mass is 16.3. The molecule has 0 atom stereocenters. The molecule has 0 heterocycles. The molecule has 4 heteroatoms. The van der Waals surface area contributed by atoms with E-state index < -0.39 is 0 Å². The third kappa shape index (κ3) is 2.72. The van der Waals surface area contributed by atoms with Gasteiger partial charge in [-0.1, -0.05) is 18.2 Å². The van der Waals surface area contributed by atoms with Gasteiger partial charge in [0.15, 0.2) is 0 Å². The van der Waals surface area contributed by atoms with Gasteiger partial charge >= 0.3 is 0 Å². The van der Waals surface area contributed by atoms with E-state index in [9.17, 15) is 15.0 Å². The summed E-state index contributed by atoms with van der Waals surface area (Å²) in [5.41, 5.74) is 1.91. The Morgan fingerprint density at radius 3 is 2.55 bits per heavy atom. The minimum atomic E-state index is -0.377. The molecule has 22 heavy (non-hydrogen) atoms. The summed E-state index contributed by atoms with van der Waals surface area (Å²) in [6, 6.07) is 15.3. The van der Waals surface area contributed by atoms with Crippen LogP contribution >= 0.6 is 0 Å². The first-order chi connectivity index (χ1) is 10.5. The quantitative estimate of drug-likeness (QED) is 0.673. The fourth-order valence-corrected chi connectivity index (χ4v) is 2.38. The fraction of sp³-hybridized carbons (Fsp3) is 0.0556. The number of hydrogen-bond acceptors (Lipinski definition) is 3. The number of nitrogens with one attached hydrogen (secondary N) is 1. The van der Waals surface area contributed by atoms with Crippen LogP contribution in [-0.4, -0.2) is 16.1 Å². The first-order valence-corrected chi connectivity index (χ1v) is 6.87. The fourth-order valence-electron chi connectivity index (χ4n) is 2.38. The Morgan fingerprint density at radius 2 is 1.77 bits per heavy atom. The first-order valence-electron chi connectivity index (χ1n) is 6.87. The lowest BCUT2D eigenvalue weighted by atomic mass is 10.0. The number of fused-ring (bicyclic) bond motifs is 1. The van der Waals surface area contributed by atoms with Crippen LogP contribution in [-0.2, 0) is 0 Å². The molecule has 3 N–H and O–H groups in total. The van der Waals surface area contributed by atoms with Crippen LogP contribution < -0.4 is 5.32 Å². The Labute approximate surface area is 127 Å². The number of carbonyl (C=O) groups is 1. The van der Waals surface area contributed by atoms with Crippen LogP contribution in [0, 0.1) is 6.92 Å². The molecule has 0 saturated carbocycles. The van der Waals surface area contributed by atoms with Gasteiger partial charge in [-0.25, -0.2) is 0 Å². The van der Waals surface area contributed by atoms with Crippen LogP contribution in [0.4, 0.5) is 5.69 Å². The van der Waals surface area contributed by atoms with E-state index in [0.717, 1.165) is 10.9 Å². The number of phenolic OH excluding ortho intramolecular Hbond substituents is 2. The molecule has 0 fully saturated rings. The highest BCUT2D eigenvalue weighted by Gasteiger charge is 2.13. The molecule has 0 bridgehead atoms. The third-order valence-electron chi connectivity index (χ3n) is 3.46. The average molecular weight is 293 g/mol. The van der Waals surface area contributed by atoms with Gasteiger partial charge in [0.05, 0.1) is 5.56 Å². The lowest BCUT2D eigenvalue weighted by Crippen LogP contribution is -2.12. The minimum absolute atomic E-state index is 0.115. The first kappa shape index (κ1) is 13.9. The largest absolute Gasteiger partial charge is 0.508 e. The molecule has 110 valence electrons. The number of phenols is 2. The molecule has 0 saturated heterocycles. The Bertz CT molecular complexity index is 871. The summed E-state index contributed by atoms with van der Waals surface area (Å²) in [7, 11) is 0. The van der Waals surface area contributed by atoms with Gasteiger partial charge in [-0.15, -0.1) is 0 Å². The molecular formula is C18H15NO3. The summed E-state index contributed by atoms with van der Waals surface area (Å²) >= 11 is 0. The summed E-state index contributed by atoms with van der Waals surface area (Å²) in [6.45, 7) is 1.94. The van der Waals surface area contributed by atoms with Crippen LogP contribution in [0.25, 0.3) is 10.8 Å². The Hall–Kier alpha value is -3.01. The summed E-state index contributed by atoms with van der Waals surface area (Å²) in [5, 5.41) is 23.7. The second kappa shape index (κ2) is 5.41. The molecule has 4 nitrogen and oxygen atoms in total. The van der Waals surface area contributed by atoms with Crippen molar-refractivity contribution in [2.45, 2.75) is 6.92 Å². The van der Waals surface area contributed by atoms with Crippen LogP contribution in [0.15, 0.2) is 54.6 Å². The van der Waals surface area contributed by atoms with Crippen LogP contribution in [0.3, 0.4) is 0 Å². The van der Waals surface area contributed by atoms with Gasteiger partial charge in [-0.05, 0) is 59.7 Å². The van der Waals surface area contributed by atoms with Crippen molar-refractivity contribution in [3.8, 4) is 11.5 Å². The second-order valence-corrected chi connectivity index (χ2v) is 5.22. The highest BCUT2D eigenvalue weighted by Crippen LogP contribution is 2.28. The van der Waals surface area contributed by atoms with E-state index in [4.69, 9.17) is 0 Å². The van der Waals surface area contributed by atoms with Crippen molar-refractivity contribution in [3.05, 3.63) is 65.7 Å². The van der Waals surface area contributed by atoms with Crippen LogP contribution in [0.2, 0.25) is 0 Å². The Morgan fingerprint density at radius 1 is 0.955 bits per heavy atom. The molecule has 0 unspecified atom stereocenters. The van der Waals surface area contributed by atoms with E-state index in [0.29, 0.717) is 11.1 Å². The van der Waals surface area contributed by atoms with E-state index in [1.54, 1.807) is 24.3 Å². The van der Waals surface area contributed by atoms with Crippen molar-refractivity contribution >= 4 is 22.4 Å². The van der Waals surface area contributed by atoms with Gasteiger partial charge < -0.3 is 15.5 Å². The zero-order valence-corrected chi connectivity index (χ0v) is 12.0. The number of amides is 1. The summed E-state index contributed by atoms with van der Waals surface area (Å²) in [4.78, 5) is 12.3. The predicted octanol–water partition coefficient (Wildman–Crippen LogP) is 3.81. The maximum absolute atomic E-state index is 12.3. The van der Waals surface area contributed by atoms with E-state index in [-0.39, 0.29) is 23.0 Å². The number of aryl methyl sites for hydroxylation is 1. The number of aromatic hydroxyl groups is 2. The zero-order valence-electron chi connectivity index (χ0n) is 12.0. The molecule has 3 aromatic carbocycles. The molecule has 3 rings (SSSR count). The standard InChI is InChI=1S/C18H15NO3/c1-11-3-2-4-14(7-11)19-18(22)16-9-12-5-6-15(20)8-13(12)10-17(16)21/h2-10,20-21H,1H3,(H,19,22). The number of hydrogen-bond donors (Lipinski definition) is 3. The van der Waals surface area contributed by atoms with Crippen molar-refractivity contribution in [2.75, 3.05) is 5.32 Å². The van der Waals surface area contributed by atoms with Gasteiger partial charge in [-0.3, -0.25) is 4.79 Å². The summed E-state index contributed by atoms with van der Waals surface area (Å²) in [6.07, 6.45) is 0. The van der Waals surface area contributed by atoms with Gasteiger partial charge in [0.2, 0.25) is 0 Å². The summed E-state index contributed by atoms with van der Waals surface area (Å²) < 4.78 is 0. The molecule has 1 amide bonds. The maximum atomic E-state index is 12.3. The minimum Gasteiger partial charge on any atom is -0.508 e.